The minimum Gasteiger partial charge on any atom is -0.378 e. The van der Waals surface area contributed by atoms with Gasteiger partial charge in [-0.25, -0.2) is 4.98 Å². The molecule has 31 heavy (non-hydrogen) atoms. The minimum absolute atomic E-state index is 0.0473. The molecule has 3 heterocycles. The van der Waals surface area contributed by atoms with Gasteiger partial charge in [-0.15, -0.1) is 0 Å². The highest BCUT2D eigenvalue weighted by Crippen LogP contribution is 2.52. The van der Waals surface area contributed by atoms with Gasteiger partial charge in [0.15, 0.2) is 0 Å². The Balaban J connectivity index is 1.30. The van der Waals surface area contributed by atoms with Gasteiger partial charge >= 0.3 is 0 Å². The first-order valence-electron chi connectivity index (χ1n) is 11.2. The van der Waals surface area contributed by atoms with E-state index < -0.39 is 0 Å². The van der Waals surface area contributed by atoms with Crippen LogP contribution in [0.4, 0.5) is 0 Å². The van der Waals surface area contributed by atoms with Gasteiger partial charge < -0.3 is 14.5 Å². The van der Waals surface area contributed by atoms with Crippen LogP contribution in [0.25, 0.3) is 0 Å². The van der Waals surface area contributed by atoms with Gasteiger partial charge in [-0.2, -0.15) is 0 Å². The van der Waals surface area contributed by atoms with Crippen LogP contribution in [0.1, 0.15) is 53.2 Å². The number of amides is 2. The summed E-state index contributed by atoms with van der Waals surface area (Å²) in [6.07, 6.45) is 8.04. The van der Waals surface area contributed by atoms with Crippen LogP contribution in [0.5, 0.6) is 0 Å². The first-order chi connectivity index (χ1) is 15.2. The topological polar surface area (TPSA) is 75.6 Å². The number of carbonyl (C=O) groups is 2. The molecule has 1 atom stereocenters. The standard InChI is InChI=1S/C24H28N4O3/c29-22(27-11-13-31-14-12-27)15-18-16-24(20-4-2-1-3-19(18)20)5-9-28(10-6-24)23(30)21-17-25-7-8-26-21/h1-4,7-8,17-18H,5-6,9-16H2/t18-/m0/s1. The van der Waals surface area contributed by atoms with Gasteiger partial charge in [-0.05, 0) is 41.7 Å². The second-order valence-corrected chi connectivity index (χ2v) is 8.85. The van der Waals surface area contributed by atoms with Crippen molar-refractivity contribution in [1.29, 1.82) is 0 Å². The quantitative estimate of drug-likeness (QED) is 0.762. The molecule has 7 heteroatoms. The molecule has 1 aromatic carbocycles. The number of nitrogens with zero attached hydrogens (tertiary/aromatic N) is 4. The fourth-order valence-corrected chi connectivity index (χ4v) is 5.55. The van der Waals surface area contributed by atoms with Gasteiger partial charge in [0.25, 0.3) is 5.91 Å². The molecule has 1 aromatic heterocycles. The third-order valence-electron chi connectivity index (χ3n) is 7.18. The average molecular weight is 421 g/mol. The van der Waals surface area contributed by atoms with E-state index in [1.165, 1.54) is 17.3 Å². The maximum absolute atomic E-state index is 12.9. The van der Waals surface area contributed by atoms with E-state index in [0.717, 1.165) is 19.3 Å². The number of hydrogen-bond donors (Lipinski definition) is 0. The number of carbonyl (C=O) groups excluding carboxylic acids is 2. The van der Waals surface area contributed by atoms with E-state index in [9.17, 15) is 9.59 Å². The lowest BCUT2D eigenvalue weighted by atomic mass is 9.73. The summed E-state index contributed by atoms with van der Waals surface area (Å²) in [6, 6.07) is 8.60. The minimum atomic E-state index is -0.0479. The number of aromatic nitrogens is 2. The smallest absolute Gasteiger partial charge is 0.274 e. The summed E-state index contributed by atoms with van der Waals surface area (Å²) in [7, 11) is 0. The van der Waals surface area contributed by atoms with Gasteiger partial charge in [0.1, 0.15) is 5.69 Å². The first-order valence-corrected chi connectivity index (χ1v) is 11.2. The third kappa shape index (κ3) is 3.82. The molecule has 0 saturated carbocycles. The zero-order valence-corrected chi connectivity index (χ0v) is 17.7. The number of hydrogen-bond acceptors (Lipinski definition) is 5. The molecular weight excluding hydrogens is 392 g/mol. The Bertz CT molecular complexity index is 950. The van der Waals surface area contributed by atoms with Gasteiger partial charge in [0.05, 0.1) is 19.4 Å². The maximum atomic E-state index is 12.9. The van der Waals surface area contributed by atoms with Crippen molar-refractivity contribution in [2.24, 2.45) is 0 Å². The molecule has 1 aliphatic carbocycles. The van der Waals surface area contributed by atoms with E-state index in [4.69, 9.17) is 4.74 Å². The third-order valence-corrected chi connectivity index (χ3v) is 7.18. The second kappa shape index (κ2) is 8.38. The fourth-order valence-electron chi connectivity index (χ4n) is 5.55. The van der Waals surface area contributed by atoms with Crippen LogP contribution < -0.4 is 0 Å². The number of piperidine rings is 1. The second-order valence-electron chi connectivity index (χ2n) is 8.85. The summed E-state index contributed by atoms with van der Waals surface area (Å²) < 4.78 is 5.39. The van der Waals surface area contributed by atoms with Crippen molar-refractivity contribution in [3.63, 3.8) is 0 Å². The normalized spacial score (nSPS) is 22.4. The van der Waals surface area contributed by atoms with Gasteiger partial charge in [0.2, 0.25) is 5.91 Å². The molecule has 0 unspecified atom stereocenters. The molecule has 0 radical (unpaired) electrons. The molecule has 7 nitrogen and oxygen atoms in total. The van der Waals surface area contributed by atoms with Crippen molar-refractivity contribution in [3.05, 3.63) is 59.7 Å². The van der Waals surface area contributed by atoms with Gasteiger partial charge in [0, 0.05) is 45.0 Å². The molecular formula is C24H28N4O3. The molecule has 3 aliphatic rings. The summed E-state index contributed by atoms with van der Waals surface area (Å²) in [5.41, 5.74) is 3.14. The number of likely N-dealkylation sites (tertiary alicyclic amines) is 1. The van der Waals surface area contributed by atoms with E-state index in [2.05, 4.69) is 34.2 Å². The largest absolute Gasteiger partial charge is 0.378 e. The molecule has 2 amide bonds. The van der Waals surface area contributed by atoms with Crippen LogP contribution in [-0.4, -0.2) is 71.0 Å². The Morgan fingerprint density at radius 3 is 2.55 bits per heavy atom. The van der Waals surface area contributed by atoms with Crippen molar-refractivity contribution in [2.75, 3.05) is 39.4 Å². The lowest BCUT2D eigenvalue weighted by Crippen LogP contribution is -2.44. The molecule has 5 rings (SSSR count). The van der Waals surface area contributed by atoms with E-state index in [-0.39, 0.29) is 23.1 Å². The SMILES string of the molecule is O=C(C[C@H]1CC2(CCN(C(=O)c3cnccn3)CC2)c2ccccc21)N1CCOCC1. The van der Waals surface area contributed by atoms with Crippen LogP contribution in [0.3, 0.4) is 0 Å². The number of fused-ring (bicyclic) bond motifs is 2. The highest BCUT2D eigenvalue weighted by atomic mass is 16.5. The van der Waals surface area contributed by atoms with E-state index in [1.54, 1.807) is 12.4 Å². The summed E-state index contributed by atoms with van der Waals surface area (Å²) in [4.78, 5) is 37.8. The van der Waals surface area contributed by atoms with Crippen LogP contribution in [0.15, 0.2) is 42.9 Å². The monoisotopic (exact) mass is 420 g/mol. The molecule has 2 fully saturated rings. The van der Waals surface area contributed by atoms with Crippen molar-refractivity contribution in [2.45, 2.75) is 37.0 Å². The molecule has 1 spiro atoms. The number of benzene rings is 1. The highest BCUT2D eigenvalue weighted by Gasteiger charge is 2.46. The summed E-state index contributed by atoms with van der Waals surface area (Å²) in [6.45, 7) is 4.05. The highest BCUT2D eigenvalue weighted by molar-refractivity contribution is 5.92. The molecule has 2 aliphatic heterocycles. The van der Waals surface area contributed by atoms with Gasteiger partial charge in [-0.1, -0.05) is 24.3 Å². The molecule has 2 saturated heterocycles. The Labute approximate surface area is 182 Å². The lowest BCUT2D eigenvalue weighted by Gasteiger charge is -2.40. The molecule has 2 aromatic rings. The zero-order valence-electron chi connectivity index (χ0n) is 17.7. The predicted molar refractivity (Wildman–Crippen MR) is 115 cm³/mol. The number of ether oxygens (including phenoxy) is 1. The Morgan fingerprint density at radius 2 is 1.81 bits per heavy atom. The lowest BCUT2D eigenvalue weighted by molar-refractivity contribution is -0.135. The zero-order chi connectivity index (χ0) is 21.3. The number of morpholine rings is 1. The Hall–Kier alpha value is -2.80. The molecule has 0 bridgehead atoms. The van der Waals surface area contributed by atoms with Crippen LogP contribution in [0.2, 0.25) is 0 Å². The van der Waals surface area contributed by atoms with Crippen molar-refractivity contribution >= 4 is 11.8 Å². The van der Waals surface area contributed by atoms with Crippen molar-refractivity contribution in [3.8, 4) is 0 Å². The maximum Gasteiger partial charge on any atom is 0.274 e. The van der Waals surface area contributed by atoms with E-state index in [1.807, 2.05) is 9.80 Å². The van der Waals surface area contributed by atoms with Crippen LogP contribution >= 0.6 is 0 Å². The predicted octanol–water partition coefficient (Wildman–Crippen LogP) is 2.39. The Morgan fingerprint density at radius 1 is 1.03 bits per heavy atom. The van der Waals surface area contributed by atoms with Crippen LogP contribution in [0, 0.1) is 0 Å². The summed E-state index contributed by atoms with van der Waals surface area (Å²) >= 11 is 0. The van der Waals surface area contributed by atoms with E-state index in [0.29, 0.717) is 51.5 Å². The van der Waals surface area contributed by atoms with Crippen molar-refractivity contribution in [1.82, 2.24) is 19.8 Å². The molecule has 0 N–H and O–H groups in total. The van der Waals surface area contributed by atoms with Crippen LogP contribution in [-0.2, 0) is 14.9 Å². The average Bonchev–Trinajstić information content (AvgIpc) is 3.13. The summed E-state index contributed by atoms with van der Waals surface area (Å²) in [5.74, 6) is 0.428. The summed E-state index contributed by atoms with van der Waals surface area (Å²) in [5, 5.41) is 0. The van der Waals surface area contributed by atoms with E-state index >= 15 is 0 Å². The number of rotatable bonds is 3. The molecule has 162 valence electrons. The first kappa shape index (κ1) is 20.1. The Kier molecular flexibility index (Phi) is 5.44. The van der Waals surface area contributed by atoms with Gasteiger partial charge in [-0.3, -0.25) is 14.6 Å². The van der Waals surface area contributed by atoms with Crippen molar-refractivity contribution < 1.29 is 14.3 Å². The fraction of sp³-hybridized carbons (Fsp3) is 0.500.